The van der Waals surface area contributed by atoms with E-state index in [-0.39, 0.29) is 6.10 Å². The average Bonchev–Trinajstić information content (AvgIpc) is 2.83. The molecular weight excluding hydrogens is 261 g/mol. The molecule has 2 rings (SSSR count). The SMILES string of the molecule is FC(F)(F)c1cc(Br)cc(C2CO2)c1. The molecule has 1 aliphatic heterocycles. The zero-order valence-corrected chi connectivity index (χ0v) is 8.52. The van der Waals surface area contributed by atoms with E-state index in [2.05, 4.69) is 15.9 Å². The van der Waals surface area contributed by atoms with Gasteiger partial charge >= 0.3 is 6.18 Å². The predicted molar refractivity (Wildman–Crippen MR) is 47.8 cm³/mol. The predicted octanol–water partition coefficient (Wildman–Crippen LogP) is 3.54. The first-order valence-corrected chi connectivity index (χ1v) is 4.75. The standard InChI is InChI=1S/C9H6BrF3O/c10-7-2-5(8-4-14-8)1-6(3-7)9(11,12)13/h1-3,8H,4H2. The molecule has 0 radical (unpaired) electrons. The second-order valence-corrected chi connectivity index (χ2v) is 4.01. The van der Waals surface area contributed by atoms with E-state index in [1.54, 1.807) is 6.07 Å². The van der Waals surface area contributed by atoms with Crippen molar-refractivity contribution in [3.8, 4) is 0 Å². The minimum Gasteiger partial charge on any atom is -0.368 e. The number of hydrogen-bond acceptors (Lipinski definition) is 1. The van der Waals surface area contributed by atoms with Crippen LogP contribution < -0.4 is 0 Å². The Hall–Kier alpha value is -0.550. The average molecular weight is 267 g/mol. The number of alkyl halides is 3. The maximum atomic E-state index is 12.4. The molecule has 0 spiro atoms. The summed E-state index contributed by atoms with van der Waals surface area (Å²) >= 11 is 3.05. The number of rotatable bonds is 1. The summed E-state index contributed by atoms with van der Waals surface area (Å²) < 4.78 is 42.5. The van der Waals surface area contributed by atoms with Crippen LogP contribution in [-0.4, -0.2) is 6.61 Å². The van der Waals surface area contributed by atoms with Crippen LogP contribution in [0.3, 0.4) is 0 Å². The largest absolute Gasteiger partial charge is 0.416 e. The van der Waals surface area contributed by atoms with Crippen LogP contribution in [0.15, 0.2) is 22.7 Å². The fourth-order valence-electron chi connectivity index (χ4n) is 1.20. The monoisotopic (exact) mass is 266 g/mol. The van der Waals surface area contributed by atoms with Crippen molar-refractivity contribution < 1.29 is 17.9 Å². The highest BCUT2D eigenvalue weighted by Gasteiger charge is 2.33. The lowest BCUT2D eigenvalue weighted by molar-refractivity contribution is -0.137. The first-order valence-electron chi connectivity index (χ1n) is 3.96. The first-order chi connectivity index (χ1) is 6.47. The van der Waals surface area contributed by atoms with E-state index in [4.69, 9.17) is 4.74 Å². The lowest BCUT2D eigenvalue weighted by atomic mass is 10.1. The minimum absolute atomic E-state index is 0.159. The van der Waals surface area contributed by atoms with Gasteiger partial charge in [0.25, 0.3) is 0 Å². The lowest BCUT2D eigenvalue weighted by Crippen LogP contribution is -2.05. The van der Waals surface area contributed by atoms with Crippen molar-refractivity contribution in [3.63, 3.8) is 0 Å². The zero-order chi connectivity index (χ0) is 10.3. The molecule has 1 fully saturated rings. The third kappa shape index (κ3) is 2.09. The van der Waals surface area contributed by atoms with Gasteiger partial charge in [0, 0.05) is 4.47 Å². The van der Waals surface area contributed by atoms with Gasteiger partial charge in [-0.25, -0.2) is 0 Å². The van der Waals surface area contributed by atoms with Crippen molar-refractivity contribution in [1.29, 1.82) is 0 Å². The van der Waals surface area contributed by atoms with Crippen LogP contribution in [0.25, 0.3) is 0 Å². The third-order valence-corrected chi connectivity index (χ3v) is 2.41. The Morgan fingerprint density at radius 3 is 2.43 bits per heavy atom. The molecule has 1 nitrogen and oxygen atoms in total. The van der Waals surface area contributed by atoms with Gasteiger partial charge < -0.3 is 4.74 Å². The van der Waals surface area contributed by atoms with Crippen molar-refractivity contribution in [1.82, 2.24) is 0 Å². The molecule has 0 amide bonds. The Kier molecular flexibility index (Phi) is 2.31. The van der Waals surface area contributed by atoms with E-state index in [1.807, 2.05) is 0 Å². The molecule has 1 saturated heterocycles. The second-order valence-electron chi connectivity index (χ2n) is 3.09. The van der Waals surface area contributed by atoms with Crippen molar-refractivity contribution in [2.75, 3.05) is 6.61 Å². The van der Waals surface area contributed by atoms with E-state index in [0.29, 0.717) is 16.6 Å². The summed E-state index contributed by atoms with van der Waals surface area (Å²) in [5.74, 6) is 0. The van der Waals surface area contributed by atoms with Gasteiger partial charge in [0.15, 0.2) is 0 Å². The van der Waals surface area contributed by atoms with E-state index < -0.39 is 11.7 Å². The van der Waals surface area contributed by atoms with Gasteiger partial charge in [0.1, 0.15) is 6.10 Å². The lowest BCUT2D eigenvalue weighted by Gasteiger charge is -2.08. The minimum atomic E-state index is -4.30. The van der Waals surface area contributed by atoms with Crippen LogP contribution in [0.1, 0.15) is 17.2 Å². The van der Waals surface area contributed by atoms with Crippen LogP contribution in [-0.2, 0) is 10.9 Å². The van der Waals surface area contributed by atoms with Gasteiger partial charge in [0.2, 0.25) is 0 Å². The quantitative estimate of drug-likeness (QED) is 0.709. The first kappa shape index (κ1) is 9.98. The van der Waals surface area contributed by atoms with Gasteiger partial charge in [-0.15, -0.1) is 0 Å². The molecule has 1 unspecified atom stereocenters. The Morgan fingerprint density at radius 2 is 1.93 bits per heavy atom. The summed E-state index contributed by atoms with van der Waals surface area (Å²) in [6.45, 7) is 0.508. The van der Waals surface area contributed by atoms with E-state index in [9.17, 15) is 13.2 Å². The third-order valence-electron chi connectivity index (χ3n) is 1.95. The zero-order valence-electron chi connectivity index (χ0n) is 6.94. The van der Waals surface area contributed by atoms with Crippen LogP contribution in [0.4, 0.5) is 13.2 Å². The summed E-state index contributed by atoms with van der Waals surface area (Å²) in [6.07, 6.45) is -4.46. The molecule has 1 aliphatic rings. The maximum Gasteiger partial charge on any atom is 0.416 e. The van der Waals surface area contributed by atoms with Crippen molar-refractivity contribution in [3.05, 3.63) is 33.8 Å². The highest BCUT2D eigenvalue weighted by molar-refractivity contribution is 9.10. The van der Waals surface area contributed by atoms with E-state index in [0.717, 1.165) is 12.1 Å². The van der Waals surface area contributed by atoms with Gasteiger partial charge in [-0.2, -0.15) is 13.2 Å². The number of halogens is 4. The van der Waals surface area contributed by atoms with Crippen molar-refractivity contribution in [2.24, 2.45) is 0 Å². The molecule has 1 heterocycles. The van der Waals surface area contributed by atoms with Crippen LogP contribution in [0.2, 0.25) is 0 Å². The molecule has 0 aliphatic carbocycles. The van der Waals surface area contributed by atoms with Crippen LogP contribution in [0.5, 0.6) is 0 Å². The fourth-order valence-corrected chi connectivity index (χ4v) is 1.71. The Labute approximate surface area is 87.0 Å². The molecule has 0 saturated carbocycles. The Balaban J connectivity index is 2.41. The Morgan fingerprint density at radius 1 is 1.29 bits per heavy atom. The normalized spacial score (nSPS) is 21.0. The molecule has 1 aromatic carbocycles. The van der Waals surface area contributed by atoms with Gasteiger partial charge in [-0.05, 0) is 23.8 Å². The highest BCUT2D eigenvalue weighted by atomic mass is 79.9. The molecule has 0 aromatic heterocycles. The van der Waals surface area contributed by atoms with E-state index in [1.165, 1.54) is 0 Å². The highest BCUT2D eigenvalue weighted by Crippen LogP contribution is 2.37. The molecule has 5 heteroatoms. The summed E-state index contributed by atoms with van der Waals surface area (Å²) in [5, 5.41) is 0. The Bertz CT molecular complexity index is 358. The summed E-state index contributed by atoms with van der Waals surface area (Å²) in [6, 6.07) is 3.83. The van der Waals surface area contributed by atoms with Crippen LogP contribution in [0, 0.1) is 0 Å². The number of ether oxygens (including phenoxy) is 1. The summed E-state index contributed by atoms with van der Waals surface area (Å²) in [5.41, 5.74) is -0.0657. The molecule has 14 heavy (non-hydrogen) atoms. The molecule has 1 aromatic rings. The summed E-state index contributed by atoms with van der Waals surface area (Å²) in [4.78, 5) is 0. The molecule has 76 valence electrons. The smallest absolute Gasteiger partial charge is 0.368 e. The van der Waals surface area contributed by atoms with Gasteiger partial charge in [0.05, 0.1) is 12.2 Å². The van der Waals surface area contributed by atoms with E-state index >= 15 is 0 Å². The maximum absolute atomic E-state index is 12.4. The summed E-state index contributed by atoms with van der Waals surface area (Å²) in [7, 11) is 0. The molecular formula is C9H6BrF3O. The van der Waals surface area contributed by atoms with Crippen molar-refractivity contribution in [2.45, 2.75) is 12.3 Å². The van der Waals surface area contributed by atoms with Gasteiger partial charge in [-0.3, -0.25) is 0 Å². The number of benzene rings is 1. The number of epoxide rings is 1. The fraction of sp³-hybridized carbons (Fsp3) is 0.333. The number of hydrogen-bond donors (Lipinski definition) is 0. The van der Waals surface area contributed by atoms with Gasteiger partial charge in [-0.1, -0.05) is 15.9 Å². The molecule has 0 N–H and O–H groups in total. The molecule has 0 bridgehead atoms. The molecule has 1 atom stereocenters. The van der Waals surface area contributed by atoms with Crippen LogP contribution >= 0.6 is 15.9 Å². The second kappa shape index (κ2) is 3.24. The van der Waals surface area contributed by atoms with Crippen molar-refractivity contribution >= 4 is 15.9 Å². The topological polar surface area (TPSA) is 12.5 Å².